The Balaban J connectivity index is 1.78. The van der Waals surface area contributed by atoms with Crippen LogP contribution in [0.4, 0.5) is 0 Å². The number of rotatable bonds is 8. The minimum atomic E-state index is 0.0448. The van der Waals surface area contributed by atoms with Gasteiger partial charge in [0.15, 0.2) is 5.96 Å². The first-order valence-corrected chi connectivity index (χ1v) is 10.6. The fourth-order valence-corrected chi connectivity index (χ4v) is 3.86. The van der Waals surface area contributed by atoms with Gasteiger partial charge in [0.2, 0.25) is 5.91 Å². The minimum absolute atomic E-state index is 0.0448. The van der Waals surface area contributed by atoms with Crippen molar-refractivity contribution >= 4 is 39.0 Å². The fourth-order valence-electron chi connectivity index (χ4n) is 2.14. The van der Waals surface area contributed by atoms with Crippen LogP contribution in [-0.4, -0.2) is 55.5 Å². The molecular weight excluding hydrogens is 354 g/mol. The number of hydrogen-bond acceptors (Lipinski definition) is 7. The third-order valence-corrected chi connectivity index (χ3v) is 5.79. The van der Waals surface area contributed by atoms with E-state index in [-0.39, 0.29) is 5.91 Å². The van der Waals surface area contributed by atoms with Gasteiger partial charge in [0.25, 0.3) is 0 Å². The molecule has 0 aromatic heterocycles. The summed E-state index contributed by atoms with van der Waals surface area (Å²) in [5.41, 5.74) is 8.78. The molecule has 0 saturated heterocycles. The van der Waals surface area contributed by atoms with Gasteiger partial charge >= 0.3 is 0 Å². The smallest absolute Gasteiger partial charge is 0.231 e. The monoisotopic (exact) mass is 379 g/mol. The number of hydrogen-bond donors (Lipinski definition) is 3. The lowest BCUT2D eigenvalue weighted by Gasteiger charge is -2.20. The number of nitrogens with two attached hydrogens (primary N) is 1. The highest BCUT2D eigenvalue weighted by molar-refractivity contribution is 8.76. The van der Waals surface area contributed by atoms with E-state index in [0.717, 1.165) is 28.4 Å². The summed E-state index contributed by atoms with van der Waals surface area (Å²) >= 11 is 0. The third kappa shape index (κ3) is 6.64. The maximum atomic E-state index is 11.8. The van der Waals surface area contributed by atoms with Crippen molar-refractivity contribution in [2.24, 2.45) is 10.7 Å². The zero-order valence-electron chi connectivity index (χ0n) is 14.6. The van der Waals surface area contributed by atoms with Crippen LogP contribution in [0.3, 0.4) is 0 Å². The first-order valence-electron chi connectivity index (χ1n) is 8.08. The molecule has 1 aromatic carbocycles. The van der Waals surface area contributed by atoms with Gasteiger partial charge in [-0.2, -0.15) is 0 Å². The molecule has 1 heterocycles. The second kappa shape index (κ2) is 10.4. The molecule has 0 saturated carbocycles. The van der Waals surface area contributed by atoms with Crippen molar-refractivity contribution in [3.05, 3.63) is 41.6 Å². The molecule has 0 atom stereocenters. The van der Waals surface area contributed by atoms with Gasteiger partial charge in [0.05, 0.1) is 12.3 Å². The van der Waals surface area contributed by atoms with Gasteiger partial charge in [-0.25, -0.2) is 4.99 Å². The summed E-state index contributed by atoms with van der Waals surface area (Å²) in [6.45, 7) is 1.84. The van der Waals surface area contributed by atoms with Crippen LogP contribution in [0.2, 0.25) is 0 Å². The summed E-state index contributed by atoms with van der Waals surface area (Å²) in [6.07, 6.45) is 2.00. The van der Waals surface area contributed by atoms with E-state index in [4.69, 9.17) is 5.73 Å². The molecule has 6 nitrogen and oxygen atoms in total. The van der Waals surface area contributed by atoms with Gasteiger partial charge < -0.3 is 21.3 Å². The average Bonchev–Trinajstić information content (AvgIpc) is 2.64. The summed E-state index contributed by atoms with van der Waals surface area (Å²) < 4.78 is 0. The molecule has 136 valence electrons. The number of nitrogens with one attached hydrogen (secondary N) is 2. The van der Waals surface area contributed by atoms with E-state index >= 15 is 0 Å². The van der Waals surface area contributed by atoms with E-state index in [0.29, 0.717) is 25.4 Å². The lowest BCUT2D eigenvalue weighted by Crippen LogP contribution is -2.35. The lowest BCUT2D eigenvalue weighted by molar-refractivity contribution is -0.118. The SMILES string of the molecule is CN(C)C1=NCC(c2ccc(CNC(=O)CSSCCN)cc2)=CN1. The average molecular weight is 380 g/mol. The molecule has 0 bridgehead atoms. The quantitative estimate of drug-likeness (QED) is 0.469. The van der Waals surface area contributed by atoms with Crippen molar-refractivity contribution in [2.75, 3.05) is 38.7 Å². The summed E-state index contributed by atoms with van der Waals surface area (Å²) in [5.74, 6) is 2.23. The Morgan fingerprint density at radius 2 is 2.08 bits per heavy atom. The highest BCUT2D eigenvalue weighted by Gasteiger charge is 2.09. The van der Waals surface area contributed by atoms with Gasteiger partial charge in [0, 0.05) is 39.1 Å². The Labute approximate surface area is 157 Å². The third-order valence-electron chi connectivity index (χ3n) is 3.49. The van der Waals surface area contributed by atoms with Crippen LogP contribution < -0.4 is 16.4 Å². The molecule has 1 amide bonds. The predicted octanol–water partition coefficient (Wildman–Crippen LogP) is 1.50. The Bertz CT molecular complexity index is 628. The summed E-state index contributed by atoms with van der Waals surface area (Å²) in [6, 6.07) is 8.21. The molecular formula is C17H25N5OS2. The Hall–Kier alpha value is -1.64. The number of nitrogens with zero attached hydrogens (tertiary/aromatic N) is 2. The number of aliphatic imine (C=N–C) groups is 1. The van der Waals surface area contributed by atoms with E-state index in [1.165, 1.54) is 10.8 Å². The number of amides is 1. The molecule has 4 N–H and O–H groups in total. The van der Waals surface area contributed by atoms with E-state index in [1.54, 1.807) is 10.8 Å². The Morgan fingerprint density at radius 3 is 2.68 bits per heavy atom. The van der Waals surface area contributed by atoms with Crippen LogP contribution in [-0.2, 0) is 11.3 Å². The van der Waals surface area contributed by atoms with Gasteiger partial charge in [-0.05, 0) is 16.7 Å². The van der Waals surface area contributed by atoms with E-state index in [9.17, 15) is 4.79 Å². The maximum Gasteiger partial charge on any atom is 0.231 e. The van der Waals surface area contributed by atoms with Crippen molar-refractivity contribution in [1.82, 2.24) is 15.5 Å². The van der Waals surface area contributed by atoms with Crippen LogP contribution in [0.25, 0.3) is 5.57 Å². The van der Waals surface area contributed by atoms with Crippen LogP contribution in [0.1, 0.15) is 11.1 Å². The number of guanidine groups is 1. The zero-order valence-corrected chi connectivity index (χ0v) is 16.3. The van der Waals surface area contributed by atoms with Crippen molar-refractivity contribution < 1.29 is 4.79 Å². The Kier molecular flexibility index (Phi) is 8.17. The van der Waals surface area contributed by atoms with E-state index in [1.807, 2.05) is 37.3 Å². The molecule has 1 aliphatic rings. The molecule has 2 rings (SSSR count). The predicted molar refractivity (Wildman–Crippen MR) is 109 cm³/mol. The maximum absolute atomic E-state index is 11.8. The second-order valence-electron chi connectivity index (χ2n) is 5.69. The molecule has 0 unspecified atom stereocenters. The summed E-state index contributed by atoms with van der Waals surface area (Å²) in [4.78, 5) is 18.2. The molecule has 8 heteroatoms. The van der Waals surface area contributed by atoms with Crippen molar-refractivity contribution in [3.63, 3.8) is 0 Å². The molecule has 0 radical (unpaired) electrons. The first-order chi connectivity index (χ1) is 12.1. The van der Waals surface area contributed by atoms with E-state index in [2.05, 4.69) is 27.8 Å². The Morgan fingerprint density at radius 1 is 1.32 bits per heavy atom. The van der Waals surface area contributed by atoms with Crippen LogP contribution >= 0.6 is 21.6 Å². The van der Waals surface area contributed by atoms with Crippen molar-refractivity contribution in [2.45, 2.75) is 6.54 Å². The van der Waals surface area contributed by atoms with Crippen LogP contribution in [0.5, 0.6) is 0 Å². The zero-order chi connectivity index (χ0) is 18.1. The minimum Gasteiger partial charge on any atom is -0.351 e. The van der Waals surface area contributed by atoms with Crippen molar-refractivity contribution in [3.8, 4) is 0 Å². The lowest BCUT2D eigenvalue weighted by atomic mass is 10.0. The van der Waals surface area contributed by atoms with Gasteiger partial charge in [-0.1, -0.05) is 45.9 Å². The standard InChI is InChI=1S/C17H25N5OS2/c1-22(2)17-20-10-15(11-21-17)14-5-3-13(4-6-14)9-19-16(23)12-25-24-8-7-18/h3-6,10H,7-9,11-12,18H2,1-2H3,(H,19,23)(H,20,21). The van der Waals surface area contributed by atoms with Crippen LogP contribution in [0, 0.1) is 0 Å². The molecule has 1 aromatic rings. The van der Waals surface area contributed by atoms with Gasteiger partial charge in [-0.15, -0.1) is 0 Å². The van der Waals surface area contributed by atoms with E-state index < -0.39 is 0 Å². The van der Waals surface area contributed by atoms with Crippen molar-refractivity contribution in [1.29, 1.82) is 0 Å². The van der Waals surface area contributed by atoms with Gasteiger partial charge in [-0.3, -0.25) is 4.79 Å². The first kappa shape index (κ1) is 19.7. The number of benzene rings is 1. The highest BCUT2D eigenvalue weighted by Crippen LogP contribution is 2.20. The molecule has 1 aliphatic heterocycles. The van der Waals surface area contributed by atoms with Crippen LogP contribution in [0.15, 0.2) is 35.5 Å². The largest absolute Gasteiger partial charge is 0.351 e. The topological polar surface area (TPSA) is 82.8 Å². The highest BCUT2D eigenvalue weighted by atomic mass is 33.1. The number of carbonyl (C=O) groups excluding carboxylic acids is 1. The molecule has 0 spiro atoms. The van der Waals surface area contributed by atoms with Gasteiger partial charge in [0.1, 0.15) is 0 Å². The molecule has 0 aliphatic carbocycles. The fraction of sp³-hybridized carbons (Fsp3) is 0.412. The molecule has 25 heavy (non-hydrogen) atoms. The number of carbonyl (C=O) groups is 1. The molecule has 0 fully saturated rings. The summed E-state index contributed by atoms with van der Waals surface area (Å²) in [5, 5.41) is 6.13. The summed E-state index contributed by atoms with van der Waals surface area (Å²) in [7, 11) is 7.09. The normalized spacial score (nSPS) is 13.6. The second-order valence-corrected chi connectivity index (χ2v) is 8.28.